The second-order valence-electron chi connectivity index (χ2n) is 6.41. The molecule has 0 N–H and O–H groups in total. The molecule has 0 amide bonds. The predicted octanol–water partition coefficient (Wildman–Crippen LogP) is 2.28. The van der Waals surface area contributed by atoms with Crippen LogP contribution in [0.1, 0.15) is 30.1 Å². The quantitative estimate of drug-likeness (QED) is 0.743. The van der Waals surface area contributed by atoms with Gasteiger partial charge in [-0.05, 0) is 25.0 Å². The second kappa shape index (κ2) is 5.06. The summed E-state index contributed by atoms with van der Waals surface area (Å²) < 4.78 is 3.78. The van der Waals surface area contributed by atoms with E-state index in [4.69, 9.17) is 0 Å². The molecule has 0 atom stereocenters. The SMILES string of the molecule is O=c1c(N2Cc3cnn(-c4ccccc4)c3C2)nccn1C1CC1. The fraction of sp³-hybridized carbons (Fsp3) is 0.278. The van der Waals surface area contributed by atoms with Crippen molar-refractivity contribution in [3.05, 3.63) is 70.5 Å². The van der Waals surface area contributed by atoms with Crippen molar-refractivity contribution in [2.24, 2.45) is 0 Å². The van der Waals surface area contributed by atoms with E-state index in [1.807, 2.05) is 50.7 Å². The summed E-state index contributed by atoms with van der Waals surface area (Å²) in [5.41, 5.74) is 3.34. The Balaban J connectivity index is 1.50. The van der Waals surface area contributed by atoms with Crippen LogP contribution in [0.5, 0.6) is 0 Å². The molecule has 2 aromatic heterocycles. The van der Waals surface area contributed by atoms with Crippen molar-refractivity contribution in [3.8, 4) is 5.69 Å². The summed E-state index contributed by atoms with van der Waals surface area (Å²) in [7, 11) is 0. The summed E-state index contributed by atoms with van der Waals surface area (Å²) in [5, 5.41) is 4.50. The summed E-state index contributed by atoms with van der Waals surface area (Å²) in [5.74, 6) is 0.542. The summed E-state index contributed by atoms with van der Waals surface area (Å²) >= 11 is 0. The van der Waals surface area contributed by atoms with Gasteiger partial charge in [-0.15, -0.1) is 0 Å². The Kier molecular flexibility index (Phi) is 2.85. The minimum absolute atomic E-state index is 0.0179. The first-order valence-corrected chi connectivity index (χ1v) is 8.24. The molecule has 6 heteroatoms. The largest absolute Gasteiger partial charge is 0.342 e. The highest BCUT2D eigenvalue weighted by atomic mass is 16.1. The van der Waals surface area contributed by atoms with Gasteiger partial charge in [0, 0.05) is 30.5 Å². The van der Waals surface area contributed by atoms with Gasteiger partial charge in [-0.1, -0.05) is 18.2 Å². The van der Waals surface area contributed by atoms with Crippen LogP contribution in [0.4, 0.5) is 5.82 Å². The van der Waals surface area contributed by atoms with Gasteiger partial charge in [0.1, 0.15) is 0 Å². The minimum Gasteiger partial charge on any atom is -0.342 e. The van der Waals surface area contributed by atoms with Crippen molar-refractivity contribution in [1.29, 1.82) is 0 Å². The summed E-state index contributed by atoms with van der Waals surface area (Å²) in [6.45, 7) is 1.33. The van der Waals surface area contributed by atoms with Crippen LogP contribution in [0.3, 0.4) is 0 Å². The van der Waals surface area contributed by atoms with E-state index in [0.29, 0.717) is 24.9 Å². The summed E-state index contributed by atoms with van der Waals surface area (Å²) in [4.78, 5) is 19.1. The smallest absolute Gasteiger partial charge is 0.293 e. The molecule has 120 valence electrons. The van der Waals surface area contributed by atoms with Crippen molar-refractivity contribution < 1.29 is 0 Å². The van der Waals surface area contributed by atoms with Gasteiger partial charge in [0.25, 0.3) is 5.56 Å². The second-order valence-corrected chi connectivity index (χ2v) is 6.41. The van der Waals surface area contributed by atoms with Crippen LogP contribution in [0.2, 0.25) is 0 Å². The molecule has 1 aromatic carbocycles. The Labute approximate surface area is 139 Å². The molecule has 24 heavy (non-hydrogen) atoms. The van der Waals surface area contributed by atoms with Crippen molar-refractivity contribution in [2.75, 3.05) is 4.90 Å². The van der Waals surface area contributed by atoms with E-state index < -0.39 is 0 Å². The first kappa shape index (κ1) is 13.5. The molecule has 5 rings (SSSR count). The van der Waals surface area contributed by atoms with E-state index >= 15 is 0 Å². The fourth-order valence-corrected chi connectivity index (χ4v) is 3.36. The van der Waals surface area contributed by atoms with Gasteiger partial charge >= 0.3 is 0 Å². The molecule has 0 saturated heterocycles. The predicted molar refractivity (Wildman–Crippen MR) is 90.2 cm³/mol. The topological polar surface area (TPSA) is 56.0 Å². The number of aromatic nitrogens is 4. The van der Waals surface area contributed by atoms with E-state index in [0.717, 1.165) is 29.8 Å². The van der Waals surface area contributed by atoms with Crippen LogP contribution >= 0.6 is 0 Å². The van der Waals surface area contributed by atoms with Crippen molar-refractivity contribution in [2.45, 2.75) is 32.0 Å². The molecular formula is C18H17N5O. The Morgan fingerprint density at radius 1 is 1.08 bits per heavy atom. The van der Waals surface area contributed by atoms with Gasteiger partial charge in [0.15, 0.2) is 5.82 Å². The van der Waals surface area contributed by atoms with E-state index in [1.54, 1.807) is 12.4 Å². The van der Waals surface area contributed by atoms with E-state index in [-0.39, 0.29) is 5.56 Å². The van der Waals surface area contributed by atoms with Crippen LogP contribution in [-0.4, -0.2) is 19.3 Å². The number of benzene rings is 1. The van der Waals surface area contributed by atoms with Gasteiger partial charge < -0.3 is 9.47 Å². The lowest BCUT2D eigenvalue weighted by molar-refractivity contribution is 0.682. The number of para-hydroxylation sites is 1. The van der Waals surface area contributed by atoms with Crippen LogP contribution in [0.15, 0.2) is 53.7 Å². The molecule has 1 saturated carbocycles. The Morgan fingerprint density at radius 3 is 2.71 bits per heavy atom. The average Bonchev–Trinajstić information content (AvgIpc) is 3.25. The zero-order chi connectivity index (χ0) is 16.1. The third kappa shape index (κ3) is 2.06. The number of fused-ring (bicyclic) bond motifs is 1. The Hall–Kier alpha value is -2.89. The Morgan fingerprint density at radius 2 is 1.92 bits per heavy atom. The lowest BCUT2D eigenvalue weighted by atomic mass is 10.3. The molecule has 1 fully saturated rings. The molecule has 1 aliphatic heterocycles. The lowest BCUT2D eigenvalue weighted by Gasteiger charge is -2.17. The third-order valence-electron chi connectivity index (χ3n) is 4.75. The van der Waals surface area contributed by atoms with Gasteiger partial charge in [0.2, 0.25) is 0 Å². The van der Waals surface area contributed by atoms with E-state index in [1.165, 1.54) is 0 Å². The lowest BCUT2D eigenvalue weighted by Crippen LogP contribution is -2.30. The van der Waals surface area contributed by atoms with Gasteiger partial charge in [0.05, 0.1) is 24.1 Å². The normalized spacial score (nSPS) is 16.4. The molecule has 6 nitrogen and oxygen atoms in total. The molecule has 0 spiro atoms. The molecule has 3 heterocycles. The van der Waals surface area contributed by atoms with Gasteiger partial charge in [-0.3, -0.25) is 4.79 Å². The van der Waals surface area contributed by atoms with Crippen molar-refractivity contribution in [3.63, 3.8) is 0 Å². The fourth-order valence-electron chi connectivity index (χ4n) is 3.36. The molecule has 2 aliphatic rings. The first-order chi connectivity index (χ1) is 11.8. The minimum atomic E-state index is 0.0179. The third-order valence-corrected chi connectivity index (χ3v) is 4.75. The Bertz CT molecular complexity index is 955. The summed E-state index contributed by atoms with van der Waals surface area (Å²) in [6, 6.07) is 10.4. The van der Waals surface area contributed by atoms with Crippen LogP contribution < -0.4 is 10.5 Å². The van der Waals surface area contributed by atoms with Crippen molar-refractivity contribution in [1.82, 2.24) is 19.3 Å². The monoisotopic (exact) mass is 319 g/mol. The number of hydrogen-bond donors (Lipinski definition) is 0. The highest BCUT2D eigenvalue weighted by molar-refractivity contribution is 5.46. The zero-order valence-corrected chi connectivity index (χ0v) is 13.2. The molecule has 0 bridgehead atoms. The van der Waals surface area contributed by atoms with Gasteiger partial charge in [-0.25, -0.2) is 9.67 Å². The highest BCUT2D eigenvalue weighted by Crippen LogP contribution is 2.34. The number of hydrogen-bond acceptors (Lipinski definition) is 4. The van der Waals surface area contributed by atoms with E-state index in [2.05, 4.69) is 10.1 Å². The number of nitrogens with zero attached hydrogens (tertiary/aromatic N) is 5. The number of anilines is 1. The number of rotatable bonds is 3. The molecule has 1 aliphatic carbocycles. The van der Waals surface area contributed by atoms with Crippen LogP contribution in [-0.2, 0) is 13.1 Å². The standard InChI is InChI=1S/C18H17N5O/c24-18-17(19-8-9-22(18)14-6-7-14)21-11-13-10-20-23(16(13)12-21)15-4-2-1-3-5-15/h1-5,8-10,14H,6-7,11-12H2. The zero-order valence-electron chi connectivity index (χ0n) is 13.2. The van der Waals surface area contributed by atoms with E-state index in [9.17, 15) is 4.79 Å². The van der Waals surface area contributed by atoms with Crippen LogP contribution in [0, 0.1) is 0 Å². The highest BCUT2D eigenvalue weighted by Gasteiger charge is 2.30. The van der Waals surface area contributed by atoms with Gasteiger partial charge in [-0.2, -0.15) is 5.10 Å². The molecule has 3 aromatic rings. The first-order valence-electron chi connectivity index (χ1n) is 8.24. The molecule has 0 radical (unpaired) electrons. The van der Waals surface area contributed by atoms with Crippen LogP contribution in [0.25, 0.3) is 5.69 Å². The van der Waals surface area contributed by atoms with Crippen molar-refractivity contribution >= 4 is 5.82 Å². The average molecular weight is 319 g/mol. The maximum atomic E-state index is 12.7. The molecular weight excluding hydrogens is 302 g/mol. The summed E-state index contributed by atoms with van der Waals surface area (Å²) in [6.07, 6.45) is 7.61. The molecule has 0 unspecified atom stereocenters. The maximum Gasteiger partial charge on any atom is 0.293 e. The maximum absolute atomic E-state index is 12.7.